The molecule has 1 saturated carbocycles. The monoisotopic (exact) mass is 565 g/mol. The van der Waals surface area contributed by atoms with Gasteiger partial charge in [0.15, 0.2) is 5.65 Å². The molecule has 1 aliphatic heterocycles. The van der Waals surface area contributed by atoms with Crippen LogP contribution >= 0.6 is 15.9 Å². The summed E-state index contributed by atoms with van der Waals surface area (Å²) in [5.41, 5.74) is 11.2. The van der Waals surface area contributed by atoms with Crippen LogP contribution in [0.25, 0.3) is 22.5 Å². The highest BCUT2D eigenvalue weighted by Gasteiger charge is 2.28. The van der Waals surface area contributed by atoms with Crippen molar-refractivity contribution in [3.05, 3.63) is 59.1 Å². The molecule has 0 bridgehead atoms. The molecule has 0 radical (unpaired) electrons. The van der Waals surface area contributed by atoms with Crippen LogP contribution in [0.5, 0.6) is 0 Å². The molecule has 37 heavy (non-hydrogen) atoms. The lowest BCUT2D eigenvalue weighted by atomic mass is 9.85. The maximum Gasteiger partial charge on any atom is 0.165 e. The van der Waals surface area contributed by atoms with E-state index < -0.39 is 0 Å². The lowest BCUT2D eigenvalue weighted by molar-refractivity contribution is -0.0101. The van der Waals surface area contributed by atoms with Gasteiger partial charge in [-0.2, -0.15) is 14.7 Å². The van der Waals surface area contributed by atoms with Crippen LogP contribution in [0.2, 0.25) is 0 Å². The number of aromatic nitrogens is 5. The van der Waals surface area contributed by atoms with E-state index in [9.17, 15) is 0 Å². The van der Waals surface area contributed by atoms with Crippen molar-refractivity contribution in [3.8, 4) is 16.8 Å². The van der Waals surface area contributed by atoms with E-state index in [2.05, 4.69) is 31.0 Å². The smallest absolute Gasteiger partial charge is 0.165 e. The van der Waals surface area contributed by atoms with Gasteiger partial charge in [-0.1, -0.05) is 18.2 Å². The first-order valence-corrected chi connectivity index (χ1v) is 13.8. The minimum atomic E-state index is 0.312. The fourth-order valence-electron chi connectivity index (χ4n) is 5.35. The van der Waals surface area contributed by atoms with Crippen LogP contribution in [-0.2, 0) is 9.47 Å². The number of benzene rings is 1. The fraction of sp³-hybridized carbons (Fsp3) is 0.444. The SMILES string of the molecule is Nc1c(Br)c(C2CCC(OCCN3CCOCC3)CC2)nc2c(-c3cnn(-c4ccccc4)c3)cnn12. The van der Waals surface area contributed by atoms with E-state index in [0.29, 0.717) is 17.8 Å². The van der Waals surface area contributed by atoms with Crippen molar-refractivity contribution in [2.75, 3.05) is 45.2 Å². The minimum absolute atomic E-state index is 0.312. The quantitative estimate of drug-likeness (QED) is 0.357. The molecule has 2 fully saturated rings. The maximum atomic E-state index is 6.53. The van der Waals surface area contributed by atoms with E-state index in [1.165, 1.54) is 0 Å². The highest BCUT2D eigenvalue weighted by molar-refractivity contribution is 9.10. The lowest BCUT2D eigenvalue weighted by Crippen LogP contribution is -2.39. The second-order valence-electron chi connectivity index (χ2n) is 9.80. The van der Waals surface area contributed by atoms with Gasteiger partial charge in [0.1, 0.15) is 5.82 Å². The molecular formula is C27H32BrN7O2. The Hall–Kier alpha value is -2.79. The Kier molecular flexibility index (Phi) is 7.23. The second-order valence-corrected chi connectivity index (χ2v) is 10.6. The Bertz CT molecular complexity index is 1340. The molecular weight excluding hydrogens is 534 g/mol. The Morgan fingerprint density at radius 2 is 1.81 bits per heavy atom. The number of nitrogens with zero attached hydrogens (tertiary/aromatic N) is 6. The zero-order chi connectivity index (χ0) is 25.2. The molecule has 0 unspecified atom stereocenters. The molecule has 2 aliphatic rings. The molecule has 4 aromatic rings. The molecule has 1 aliphatic carbocycles. The first-order chi connectivity index (χ1) is 18.2. The van der Waals surface area contributed by atoms with E-state index in [0.717, 1.165) is 97.8 Å². The number of hydrogen-bond donors (Lipinski definition) is 1. The van der Waals surface area contributed by atoms with Crippen molar-refractivity contribution >= 4 is 27.4 Å². The van der Waals surface area contributed by atoms with Crippen molar-refractivity contribution in [2.45, 2.75) is 37.7 Å². The van der Waals surface area contributed by atoms with Crippen molar-refractivity contribution in [3.63, 3.8) is 0 Å². The number of nitrogen functional groups attached to an aromatic ring is 1. The van der Waals surface area contributed by atoms with Gasteiger partial charge in [-0.15, -0.1) is 0 Å². The molecule has 1 aromatic carbocycles. The third-order valence-electron chi connectivity index (χ3n) is 7.49. The summed E-state index contributed by atoms with van der Waals surface area (Å²) in [5.74, 6) is 0.904. The Labute approximate surface area is 224 Å². The summed E-state index contributed by atoms with van der Waals surface area (Å²) >= 11 is 3.73. The predicted molar refractivity (Wildman–Crippen MR) is 146 cm³/mol. The average Bonchev–Trinajstić information content (AvgIpc) is 3.60. The Morgan fingerprint density at radius 3 is 2.59 bits per heavy atom. The van der Waals surface area contributed by atoms with E-state index in [4.69, 9.17) is 20.2 Å². The third-order valence-corrected chi connectivity index (χ3v) is 8.30. The molecule has 6 rings (SSSR count). The molecule has 0 amide bonds. The van der Waals surface area contributed by atoms with E-state index >= 15 is 0 Å². The van der Waals surface area contributed by atoms with Gasteiger partial charge in [-0.3, -0.25) is 4.90 Å². The molecule has 1 saturated heterocycles. The highest BCUT2D eigenvalue weighted by atomic mass is 79.9. The first-order valence-electron chi connectivity index (χ1n) is 13.0. The number of halogens is 1. The van der Waals surface area contributed by atoms with Gasteiger partial charge in [0.2, 0.25) is 0 Å². The third kappa shape index (κ3) is 5.16. The minimum Gasteiger partial charge on any atom is -0.383 e. The average molecular weight is 567 g/mol. The summed E-state index contributed by atoms with van der Waals surface area (Å²) in [6.45, 7) is 5.43. The van der Waals surface area contributed by atoms with Gasteiger partial charge in [-0.25, -0.2) is 9.67 Å². The molecule has 0 atom stereocenters. The molecule has 4 heterocycles. The van der Waals surface area contributed by atoms with Crippen molar-refractivity contribution in [1.29, 1.82) is 0 Å². The van der Waals surface area contributed by atoms with Crippen LogP contribution in [0.1, 0.15) is 37.3 Å². The molecule has 3 aromatic heterocycles. The number of morpholine rings is 1. The van der Waals surface area contributed by atoms with Crippen molar-refractivity contribution < 1.29 is 9.47 Å². The van der Waals surface area contributed by atoms with Crippen LogP contribution in [-0.4, -0.2) is 74.8 Å². The summed E-state index contributed by atoms with van der Waals surface area (Å²) in [4.78, 5) is 7.52. The standard InChI is InChI=1S/C27H32BrN7O2/c28-24-25(19-6-8-22(9-7-19)37-15-12-33-10-13-36-14-11-33)32-27-23(17-31-35(27)26(24)29)20-16-30-34(18-20)21-4-2-1-3-5-21/h1-5,16-19,22H,6-15,29H2. The number of fused-ring (bicyclic) bond motifs is 1. The molecule has 0 spiro atoms. The Morgan fingerprint density at radius 1 is 1.03 bits per heavy atom. The summed E-state index contributed by atoms with van der Waals surface area (Å²) in [6.07, 6.45) is 10.1. The lowest BCUT2D eigenvalue weighted by Gasteiger charge is -2.31. The Balaban J connectivity index is 1.16. The maximum absolute atomic E-state index is 6.53. The number of nitrogens with two attached hydrogens (primary N) is 1. The van der Waals surface area contributed by atoms with Gasteiger partial charge in [-0.05, 0) is 53.7 Å². The topological polar surface area (TPSA) is 95.7 Å². The summed E-state index contributed by atoms with van der Waals surface area (Å²) in [5, 5.41) is 9.09. The van der Waals surface area contributed by atoms with Gasteiger partial charge < -0.3 is 15.2 Å². The largest absolute Gasteiger partial charge is 0.383 e. The fourth-order valence-corrected chi connectivity index (χ4v) is 5.93. The van der Waals surface area contributed by atoms with Crippen LogP contribution < -0.4 is 5.73 Å². The number of anilines is 1. The van der Waals surface area contributed by atoms with Gasteiger partial charge in [0.25, 0.3) is 0 Å². The van der Waals surface area contributed by atoms with Crippen molar-refractivity contribution in [2.24, 2.45) is 0 Å². The summed E-state index contributed by atoms with van der Waals surface area (Å²) in [7, 11) is 0. The summed E-state index contributed by atoms with van der Waals surface area (Å²) in [6, 6.07) is 10.1. The first kappa shape index (κ1) is 24.5. The molecule has 9 nitrogen and oxygen atoms in total. The summed E-state index contributed by atoms with van der Waals surface area (Å²) < 4.78 is 16.1. The van der Waals surface area contributed by atoms with Crippen LogP contribution in [0.3, 0.4) is 0 Å². The van der Waals surface area contributed by atoms with E-state index in [-0.39, 0.29) is 0 Å². The predicted octanol–water partition coefficient (Wildman–Crippen LogP) is 4.30. The van der Waals surface area contributed by atoms with Gasteiger partial charge in [0.05, 0.1) is 54.2 Å². The van der Waals surface area contributed by atoms with Gasteiger partial charge >= 0.3 is 0 Å². The zero-order valence-corrected chi connectivity index (χ0v) is 22.4. The van der Waals surface area contributed by atoms with Crippen molar-refractivity contribution in [1.82, 2.24) is 29.3 Å². The molecule has 194 valence electrons. The van der Waals surface area contributed by atoms with Crippen LogP contribution in [0.15, 0.2) is 53.4 Å². The number of rotatable bonds is 7. The number of ether oxygens (including phenoxy) is 2. The zero-order valence-electron chi connectivity index (χ0n) is 20.8. The highest BCUT2D eigenvalue weighted by Crippen LogP contribution is 2.39. The normalized spacial score (nSPS) is 21.0. The van der Waals surface area contributed by atoms with Gasteiger partial charge in [0, 0.05) is 42.9 Å². The van der Waals surface area contributed by atoms with Crippen LogP contribution in [0, 0.1) is 0 Å². The number of hydrogen-bond acceptors (Lipinski definition) is 7. The molecule has 2 N–H and O–H groups in total. The second kappa shape index (κ2) is 10.9. The number of para-hydroxylation sites is 1. The van der Waals surface area contributed by atoms with E-state index in [1.807, 2.05) is 53.6 Å². The van der Waals surface area contributed by atoms with E-state index in [1.54, 1.807) is 4.52 Å². The molecule has 10 heteroatoms. The van der Waals surface area contributed by atoms with Crippen LogP contribution in [0.4, 0.5) is 5.82 Å².